The number of amides is 1. The van der Waals surface area contributed by atoms with Gasteiger partial charge in [-0.05, 0) is 31.9 Å². The van der Waals surface area contributed by atoms with Gasteiger partial charge < -0.3 is 14.6 Å². The van der Waals surface area contributed by atoms with Crippen LogP contribution in [0, 0.1) is 12.8 Å². The van der Waals surface area contributed by atoms with Gasteiger partial charge in [-0.25, -0.2) is 13.4 Å². The summed E-state index contributed by atoms with van der Waals surface area (Å²) < 4.78 is 34.4. The van der Waals surface area contributed by atoms with Gasteiger partial charge >= 0.3 is 0 Å². The van der Waals surface area contributed by atoms with E-state index in [0.29, 0.717) is 38.3 Å². The maximum atomic E-state index is 12.9. The zero-order chi connectivity index (χ0) is 22.1. The largest absolute Gasteiger partial charge is 0.379 e. The maximum absolute atomic E-state index is 12.9. The van der Waals surface area contributed by atoms with Crippen molar-refractivity contribution >= 4 is 27.7 Å². The second-order valence-corrected chi connectivity index (χ2v) is 11.7. The first kappa shape index (κ1) is 23.0. The van der Waals surface area contributed by atoms with Crippen molar-refractivity contribution in [2.24, 2.45) is 13.0 Å². The highest BCUT2D eigenvalue weighted by atomic mass is 32.2. The van der Waals surface area contributed by atoms with Crippen LogP contribution in [0.25, 0.3) is 0 Å². The van der Waals surface area contributed by atoms with Crippen LogP contribution >= 0.6 is 11.8 Å². The summed E-state index contributed by atoms with van der Waals surface area (Å²) in [6, 6.07) is 0. The minimum atomic E-state index is -3.61. The zero-order valence-corrected chi connectivity index (χ0v) is 20.0. The number of rotatable bonds is 6. The van der Waals surface area contributed by atoms with Crippen molar-refractivity contribution in [3.05, 3.63) is 12.0 Å². The standard InChI is InChI=1S/C20H33N5O4S2/c1-16-22-18(13-23(16)2)31(27,28)25-6-3-17(4-7-25)19(26)21-14-20(5-12-30-15-20)24-8-10-29-11-9-24/h13,17H,3-12,14-15H2,1-2H3,(H,21,26). The number of aryl methyl sites for hydroxylation is 2. The number of nitrogens with one attached hydrogen (secondary N) is 1. The van der Waals surface area contributed by atoms with E-state index in [9.17, 15) is 13.2 Å². The first-order chi connectivity index (χ1) is 14.8. The van der Waals surface area contributed by atoms with E-state index in [0.717, 1.165) is 44.2 Å². The van der Waals surface area contributed by atoms with Gasteiger partial charge in [0.2, 0.25) is 5.91 Å². The van der Waals surface area contributed by atoms with Crippen LogP contribution in [0.1, 0.15) is 25.1 Å². The molecule has 0 bridgehead atoms. The molecule has 0 aliphatic carbocycles. The molecule has 11 heteroatoms. The Labute approximate surface area is 188 Å². The second kappa shape index (κ2) is 9.38. The van der Waals surface area contributed by atoms with Crippen LogP contribution in [0.5, 0.6) is 0 Å². The molecule has 1 unspecified atom stereocenters. The van der Waals surface area contributed by atoms with Crippen LogP contribution in [0.3, 0.4) is 0 Å². The number of carbonyl (C=O) groups excluding carboxylic acids is 1. The molecule has 0 spiro atoms. The highest BCUT2D eigenvalue weighted by molar-refractivity contribution is 7.99. The van der Waals surface area contributed by atoms with E-state index < -0.39 is 10.0 Å². The van der Waals surface area contributed by atoms with Crippen molar-refractivity contribution < 1.29 is 17.9 Å². The molecule has 3 saturated heterocycles. The number of imidazole rings is 1. The lowest BCUT2D eigenvalue weighted by molar-refractivity contribution is -0.127. The first-order valence-corrected chi connectivity index (χ1v) is 13.6. The smallest absolute Gasteiger partial charge is 0.262 e. The lowest BCUT2D eigenvalue weighted by Gasteiger charge is -2.43. The number of nitrogens with zero attached hydrogens (tertiary/aromatic N) is 4. The Hall–Kier alpha value is -1.14. The van der Waals surface area contributed by atoms with Gasteiger partial charge in [0.1, 0.15) is 5.82 Å². The number of thioether (sulfide) groups is 1. The summed E-state index contributed by atoms with van der Waals surface area (Å²) in [5.74, 6) is 2.72. The molecule has 3 aliphatic rings. The number of hydrogen-bond donors (Lipinski definition) is 1. The van der Waals surface area contributed by atoms with E-state index >= 15 is 0 Å². The van der Waals surface area contributed by atoms with Gasteiger partial charge in [0, 0.05) is 63.2 Å². The lowest BCUT2D eigenvalue weighted by atomic mass is 9.93. The van der Waals surface area contributed by atoms with Gasteiger partial charge in [0.25, 0.3) is 10.0 Å². The minimum Gasteiger partial charge on any atom is -0.379 e. The monoisotopic (exact) mass is 471 g/mol. The molecule has 1 amide bonds. The van der Waals surface area contributed by atoms with Gasteiger partial charge in [0.05, 0.1) is 13.2 Å². The summed E-state index contributed by atoms with van der Waals surface area (Å²) in [5, 5.41) is 3.29. The van der Waals surface area contributed by atoms with Gasteiger partial charge in [-0.1, -0.05) is 0 Å². The summed E-state index contributed by atoms with van der Waals surface area (Å²) in [7, 11) is -1.83. The first-order valence-electron chi connectivity index (χ1n) is 11.0. The molecule has 174 valence electrons. The molecule has 3 fully saturated rings. The normalized spacial score (nSPS) is 26.9. The fourth-order valence-corrected chi connectivity index (χ4v) is 7.64. The molecule has 0 saturated carbocycles. The summed E-state index contributed by atoms with van der Waals surface area (Å²) in [6.45, 7) is 6.47. The molecular weight excluding hydrogens is 438 g/mol. The SMILES string of the molecule is Cc1nc(S(=O)(=O)N2CCC(C(=O)NCC3(N4CCOCC4)CCSC3)CC2)cn1C. The second-order valence-electron chi connectivity index (χ2n) is 8.76. The number of sulfonamides is 1. The van der Waals surface area contributed by atoms with Gasteiger partial charge in [-0.15, -0.1) is 0 Å². The molecule has 1 aromatic heterocycles. The van der Waals surface area contributed by atoms with Crippen LogP contribution < -0.4 is 5.32 Å². The summed E-state index contributed by atoms with van der Waals surface area (Å²) in [5.41, 5.74) is 0.0188. The van der Waals surface area contributed by atoms with Gasteiger partial charge in [-0.3, -0.25) is 9.69 Å². The van der Waals surface area contributed by atoms with Crippen LogP contribution in [0.15, 0.2) is 11.2 Å². The quantitative estimate of drug-likeness (QED) is 0.644. The number of morpholine rings is 1. The number of hydrogen-bond acceptors (Lipinski definition) is 7. The molecular formula is C20H33N5O4S2. The summed E-state index contributed by atoms with van der Waals surface area (Å²) >= 11 is 1.95. The maximum Gasteiger partial charge on any atom is 0.262 e. The third kappa shape index (κ3) is 4.80. The number of piperidine rings is 1. The zero-order valence-electron chi connectivity index (χ0n) is 18.4. The fourth-order valence-electron chi connectivity index (χ4n) is 4.67. The third-order valence-electron chi connectivity index (χ3n) is 6.87. The van der Waals surface area contributed by atoms with E-state index in [2.05, 4.69) is 15.2 Å². The van der Waals surface area contributed by atoms with E-state index in [1.54, 1.807) is 24.7 Å². The van der Waals surface area contributed by atoms with E-state index in [4.69, 9.17) is 4.74 Å². The number of ether oxygens (including phenoxy) is 1. The van der Waals surface area contributed by atoms with Crippen molar-refractivity contribution in [2.75, 3.05) is 57.4 Å². The molecule has 0 aromatic carbocycles. The average Bonchev–Trinajstić information content (AvgIpc) is 3.40. The number of carbonyl (C=O) groups is 1. The van der Waals surface area contributed by atoms with E-state index in [1.165, 1.54) is 4.31 Å². The minimum absolute atomic E-state index is 0.0188. The van der Waals surface area contributed by atoms with Crippen LogP contribution in [0.2, 0.25) is 0 Å². The van der Waals surface area contributed by atoms with E-state index in [1.807, 2.05) is 11.8 Å². The molecule has 3 aliphatic heterocycles. The molecule has 1 atom stereocenters. The molecule has 0 radical (unpaired) electrons. The Morgan fingerprint density at radius 2 is 2.00 bits per heavy atom. The Bertz CT molecular complexity index is 864. The molecule has 4 rings (SSSR count). The highest BCUT2D eigenvalue weighted by Crippen LogP contribution is 2.34. The molecule has 1 aromatic rings. The topological polar surface area (TPSA) is 96.8 Å². The Morgan fingerprint density at radius 3 is 2.58 bits per heavy atom. The fraction of sp³-hybridized carbons (Fsp3) is 0.800. The van der Waals surface area contributed by atoms with Crippen LogP contribution in [0.4, 0.5) is 0 Å². The molecule has 31 heavy (non-hydrogen) atoms. The van der Waals surface area contributed by atoms with E-state index in [-0.39, 0.29) is 22.4 Å². The lowest BCUT2D eigenvalue weighted by Crippen LogP contribution is -2.59. The Kier molecular flexibility index (Phi) is 6.97. The summed E-state index contributed by atoms with van der Waals surface area (Å²) in [6.07, 6.45) is 3.71. The number of aromatic nitrogens is 2. The average molecular weight is 472 g/mol. The predicted molar refractivity (Wildman–Crippen MR) is 120 cm³/mol. The predicted octanol–water partition coefficient (Wildman–Crippen LogP) is 0.453. The van der Waals surface area contributed by atoms with Crippen molar-refractivity contribution in [1.82, 2.24) is 24.1 Å². The summed E-state index contributed by atoms with van der Waals surface area (Å²) in [4.78, 5) is 19.6. The van der Waals surface area contributed by atoms with Crippen molar-refractivity contribution in [2.45, 2.75) is 36.8 Å². The molecule has 4 heterocycles. The van der Waals surface area contributed by atoms with Crippen LogP contribution in [-0.4, -0.2) is 96.1 Å². The van der Waals surface area contributed by atoms with Crippen LogP contribution in [-0.2, 0) is 26.6 Å². The molecule has 9 nitrogen and oxygen atoms in total. The van der Waals surface area contributed by atoms with Gasteiger partial charge in [-0.2, -0.15) is 16.1 Å². The van der Waals surface area contributed by atoms with Crippen molar-refractivity contribution in [3.63, 3.8) is 0 Å². The Morgan fingerprint density at radius 1 is 1.29 bits per heavy atom. The highest BCUT2D eigenvalue weighted by Gasteiger charge is 2.41. The van der Waals surface area contributed by atoms with Crippen molar-refractivity contribution in [1.29, 1.82) is 0 Å². The molecule has 1 N–H and O–H groups in total. The van der Waals surface area contributed by atoms with Crippen molar-refractivity contribution in [3.8, 4) is 0 Å². The Balaban J connectivity index is 1.32. The van der Waals surface area contributed by atoms with Gasteiger partial charge in [0.15, 0.2) is 5.03 Å². The third-order valence-corrected chi connectivity index (χ3v) is 9.88.